The van der Waals surface area contributed by atoms with Crippen LogP contribution in [-0.2, 0) is 6.54 Å². The third-order valence-corrected chi connectivity index (χ3v) is 4.86. The molecule has 0 aliphatic heterocycles. The zero-order valence-electron chi connectivity index (χ0n) is 17.1. The molecule has 1 amide bonds. The van der Waals surface area contributed by atoms with Gasteiger partial charge in [-0.25, -0.2) is 9.50 Å². The number of aryl methyl sites for hydroxylation is 1. The average molecular weight is 421 g/mol. The van der Waals surface area contributed by atoms with Gasteiger partial charge in [0, 0.05) is 42.2 Å². The van der Waals surface area contributed by atoms with Crippen molar-refractivity contribution in [3.63, 3.8) is 0 Å². The fourth-order valence-corrected chi connectivity index (χ4v) is 3.30. The molecule has 0 radical (unpaired) electrons. The van der Waals surface area contributed by atoms with Gasteiger partial charge < -0.3 is 10.1 Å². The number of non-ortho nitro benzene ring substituents is 1. The molecule has 11 nitrogen and oxygen atoms in total. The van der Waals surface area contributed by atoms with Gasteiger partial charge in [-0.05, 0) is 19.9 Å². The van der Waals surface area contributed by atoms with Crippen molar-refractivity contribution >= 4 is 22.9 Å². The second-order valence-corrected chi connectivity index (χ2v) is 6.72. The van der Waals surface area contributed by atoms with Crippen molar-refractivity contribution in [1.82, 2.24) is 24.4 Å². The topological polar surface area (TPSA) is 129 Å². The van der Waals surface area contributed by atoms with Crippen LogP contribution < -0.4 is 10.1 Å². The summed E-state index contributed by atoms with van der Waals surface area (Å²) in [5, 5.41) is 22.5. The zero-order valence-corrected chi connectivity index (χ0v) is 17.1. The van der Waals surface area contributed by atoms with Crippen molar-refractivity contribution < 1.29 is 14.5 Å². The fourth-order valence-electron chi connectivity index (χ4n) is 3.30. The summed E-state index contributed by atoms with van der Waals surface area (Å²) in [5.41, 5.74) is 3.23. The molecule has 1 aromatic carbocycles. The monoisotopic (exact) mass is 421 g/mol. The van der Waals surface area contributed by atoms with Crippen molar-refractivity contribution in [2.75, 3.05) is 12.4 Å². The zero-order chi connectivity index (χ0) is 22.1. The van der Waals surface area contributed by atoms with Crippen molar-refractivity contribution in [3.8, 4) is 17.0 Å². The van der Waals surface area contributed by atoms with E-state index in [4.69, 9.17) is 4.74 Å². The lowest BCUT2D eigenvalue weighted by molar-refractivity contribution is -0.384. The van der Waals surface area contributed by atoms with E-state index in [-0.39, 0.29) is 22.8 Å². The Morgan fingerprint density at radius 3 is 2.77 bits per heavy atom. The van der Waals surface area contributed by atoms with Gasteiger partial charge in [0.25, 0.3) is 11.6 Å². The number of rotatable bonds is 6. The maximum atomic E-state index is 12.8. The van der Waals surface area contributed by atoms with Crippen LogP contribution in [0.3, 0.4) is 0 Å². The highest BCUT2D eigenvalue weighted by atomic mass is 16.6. The standard InChI is InChI=1S/C20H19N7O4/c1-4-25-12(2)16(11-22-25)18-5-6-21-19-10-17(24-26(18)19)20(28)23-13-7-14(27(29)30)9-15(8-13)31-3/h5-11H,4H2,1-3H3,(H,23,28). The summed E-state index contributed by atoms with van der Waals surface area (Å²) in [7, 11) is 1.39. The number of carbonyl (C=O) groups excluding carboxylic acids is 1. The second kappa shape index (κ2) is 7.86. The van der Waals surface area contributed by atoms with Crippen molar-refractivity contribution in [2.45, 2.75) is 20.4 Å². The van der Waals surface area contributed by atoms with Gasteiger partial charge in [-0.1, -0.05) is 0 Å². The molecule has 3 aromatic heterocycles. The van der Waals surface area contributed by atoms with E-state index in [0.717, 1.165) is 23.5 Å². The quantitative estimate of drug-likeness (QED) is 0.374. The Morgan fingerprint density at radius 2 is 2.10 bits per heavy atom. The number of hydrogen-bond acceptors (Lipinski definition) is 7. The van der Waals surface area contributed by atoms with E-state index in [9.17, 15) is 14.9 Å². The average Bonchev–Trinajstić information content (AvgIpc) is 3.36. The van der Waals surface area contributed by atoms with E-state index >= 15 is 0 Å². The molecule has 0 fully saturated rings. The number of amides is 1. The lowest BCUT2D eigenvalue weighted by atomic mass is 10.2. The van der Waals surface area contributed by atoms with Crippen molar-refractivity contribution in [2.24, 2.45) is 0 Å². The number of benzene rings is 1. The number of methoxy groups -OCH3 is 1. The first-order valence-electron chi connectivity index (χ1n) is 9.43. The number of nitro groups is 1. The Hall–Kier alpha value is -4.28. The molecular weight excluding hydrogens is 402 g/mol. The van der Waals surface area contributed by atoms with E-state index in [2.05, 4.69) is 20.5 Å². The first kappa shape index (κ1) is 20.0. The molecule has 1 N–H and O–H groups in total. The van der Waals surface area contributed by atoms with Crippen molar-refractivity contribution in [3.05, 3.63) is 64.2 Å². The molecule has 158 valence electrons. The number of carbonyl (C=O) groups is 1. The lowest BCUT2D eigenvalue weighted by Gasteiger charge is -2.06. The highest BCUT2D eigenvalue weighted by Gasteiger charge is 2.18. The minimum absolute atomic E-state index is 0.117. The molecular formula is C20H19N7O4. The Labute approximate surface area is 176 Å². The molecule has 0 bridgehead atoms. The molecule has 0 unspecified atom stereocenters. The molecule has 0 aliphatic rings. The van der Waals surface area contributed by atoms with Gasteiger partial charge in [-0.15, -0.1) is 0 Å². The first-order valence-corrected chi connectivity index (χ1v) is 9.43. The second-order valence-electron chi connectivity index (χ2n) is 6.72. The molecule has 0 spiro atoms. The largest absolute Gasteiger partial charge is 0.496 e. The SMILES string of the molecule is CCn1ncc(-c2ccnc3cc(C(=O)Nc4cc(OC)cc([N+](=O)[O-])c4)nn23)c1C. The predicted molar refractivity (Wildman–Crippen MR) is 112 cm³/mol. The number of fused-ring (bicyclic) bond motifs is 1. The number of nitro benzene ring substituents is 1. The minimum atomic E-state index is -0.557. The molecule has 3 heterocycles. The first-order chi connectivity index (χ1) is 14.9. The van der Waals surface area contributed by atoms with Gasteiger partial charge in [-0.3, -0.25) is 19.6 Å². The molecule has 11 heteroatoms. The van der Waals surface area contributed by atoms with E-state index in [1.165, 1.54) is 25.3 Å². The molecule has 4 aromatic rings. The van der Waals surface area contributed by atoms with Gasteiger partial charge in [0.15, 0.2) is 11.3 Å². The van der Waals surface area contributed by atoms with Crippen LogP contribution in [0.25, 0.3) is 16.9 Å². The van der Waals surface area contributed by atoms with Crippen LogP contribution in [-0.4, -0.2) is 42.3 Å². The van der Waals surface area contributed by atoms with Gasteiger partial charge in [0.05, 0.1) is 35.7 Å². The fraction of sp³-hybridized carbons (Fsp3) is 0.200. The third kappa shape index (κ3) is 3.68. The molecule has 31 heavy (non-hydrogen) atoms. The van der Waals surface area contributed by atoms with Crippen LogP contribution in [0.5, 0.6) is 5.75 Å². The van der Waals surface area contributed by atoms with E-state index < -0.39 is 10.8 Å². The van der Waals surface area contributed by atoms with Gasteiger partial charge >= 0.3 is 0 Å². The highest BCUT2D eigenvalue weighted by Crippen LogP contribution is 2.27. The van der Waals surface area contributed by atoms with E-state index in [0.29, 0.717) is 5.65 Å². The number of nitrogens with one attached hydrogen (secondary N) is 1. The summed E-state index contributed by atoms with van der Waals surface area (Å²) in [6.07, 6.45) is 3.40. The summed E-state index contributed by atoms with van der Waals surface area (Å²) in [6.45, 7) is 4.70. The molecule has 0 aliphatic carbocycles. The Bertz CT molecular complexity index is 1310. The van der Waals surface area contributed by atoms with Gasteiger partial charge in [-0.2, -0.15) is 10.2 Å². The van der Waals surface area contributed by atoms with E-state index in [1.54, 1.807) is 29.0 Å². The summed E-state index contributed by atoms with van der Waals surface area (Å²) < 4.78 is 8.52. The summed E-state index contributed by atoms with van der Waals surface area (Å²) in [5.74, 6) is -0.271. The maximum Gasteiger partial charge on any atom is 0.276 e. The minimum Gasteiger partial charge on any atom is -0.496 e. The molecule has 0 atom stereocenters. The van der Waals surface area contributed by atoms with Gasteiger partial charge in [0.2, 0.25) is 0 Å². The predicted octanol–water partition coefficient (Wildman–Crippen LogP) is 3.09. The summed E-state index contributed by atoms with van der Waals surface area (Å²) in [4.78, 5) is 27.6. The van der Waals surface area contributed by atoms with Gasteiger partial charge in [0.1, 0.15) is 5.75 Å². The summed E-state index contributed by atoms with van der Waals surface area (Å²) >= 11 is 0. The van der Waals surface area contributed by atoms with Crippen LogP contribution in [0.4, 0.5) is 11.4 Å². The number of ether oxygens (including phenoxy) is 1. The number of anilines is 1. The van der Waals surface area contributed by atoms with Crippen LogP contribution in [0.1, 0.15) is 23.1 Å². The normalized spacial score (nSPS) is 10.9. The third-order valence-electron chi connectivity index (χ3n) is 4.86. The lowest BCUT2D eigenvalue weighted by Crippen LogP contribution is -2.13. The van der Waals surface area contributed by atoms with Crippen LogP contribution in [0, 0.1) is 17.0 Å². The highest BCUT2D eigenvalue weighted by molar-refractivity contribution is 6.03. The number of aromatic nitrogens is 5. The van der Waals surface area contributed by atoms with E-state index in [1.807, 2.05) is 18.5 Å². The van der Waals surface area contributed by atoms with Crippen LogP contribution in [0.2, 0.25) is 0 Å². The number of hydrogen-bond donors (Lipinski definition) is 1. The molecule has 0 saturated heterocycles. The van der Waals surface area contributed by atoms with Crippen LogP contribution >= 0.6 is 0 Å². The summed E-state index contributed by atoms with van der Waals surface area (Å²) in [6, 6.07) is 7.37. The van der Waals surface area contributed by atoms with Crippen molar-refractivity contribution in [1.29, 1.82) is 0 Å². The Kier molecular flexibility index (Phi) is 5.07. The smallest absolute Gasteiger partial charge is 0.276 e. The maximum absolute atomic E-state index is 12.8. The van der Waals surface area contributed by atoms with Crippen LogP contribution in [0.15, 0.2) is 42.7 Å². The molecule has 4 rings (SSSR count). The number of nitrogens with zero attached hydrogens (tertiary/aromatic N) is 6. The molecule has 0 saturated carbocycles. The Balaban J connectivity index is 1.69. The Morgan fingerprint density at radius 1 is 1.29 bits per heavy atom.